The van der Waals surface area contributed by atoms with Crippen LogP contribution in [0.25, 0.3) is 0 Å². The topological polar surface area (TPSA) is 80.3 Å². The van der Waals surface area contributed by atoms with Crippen molar-refractivity contribution >= 4 is 23.5 Å². The number of hydrogen-bond acceptors (Lipinski definition) is 5. The van der Waals surface area contributed by atoms with Crippen LogP contribution >= 0.6 is 0 Å². The Morgan fingerprint density at radius 2 is 2.00 bits per heavy atom. The van der Waals surface area contributed by atoms with Crippen LogP contribution < -0.4 is 15.5 Å². The summed E-state index contributed by atoms with van der Waals surface area (Å²) in [6.07, 6.45) is 1.45. The summed E-state index contributed by atoms with van der Waals surface area (Å²) in [4.78, 5) is 15.3. The highest BCUT2D eigenvalue weighted by Crippen LogP contribution is 2.28. The Hall–Kier alpha value is -2.64. The standard InChI is InChI=1S/C17H23FN6O/c1-11-10-13(4-5-14(11)18)22(2)16-20-21-17(23(16)3)24-8-6-12(7-9-24)15(19)25/h4-5,10,12H,6-9H2,1-3H3,(H2,19,25). The van der Waals surface area contributed by atoms with E-state index in [4.69, 9.17) is 5.73 Å². The van der Waals surface area contributed by atoms with Gasteiger partial charge in [-0.2, -0.15) is 0 Å². The maximum Gasteiger partial charge on any atom is 0.232 e. The Kier molecular flexibility index (Phi) is 4.61. The van der Waals surface area contributed by atoms with Crippen LogP contribution in [0.5, 0.6) is 0 Å². The molecular formula is C17H23FN6O. The first kappa shape index (κ1) is 17.2. The third kappa shape index (κ3) is 3.29. The van der Waals surface area contributed by atoms with E-state index in [1.807, 2.05) is 23.6 Å². The fraction of sp³-hybridized carbons (Fsp3) is 0.471. The van der Waals surface area contributed by atoms with E-state index in [-0.39, 0.29) is 17.6 Å². The van der Waals surface area contributed by atoms with E-state index in [0.717, 1.165) is 37.6 Å². The molecule has 0 spiro atoms. The Labute approximate surface area is 146 Å². The zero-order valence-electron chi connectivity index (χ0n) is 14.7. The fourth-order valence-electron chi connectivity index (χ4n) is 3.20. The van der Waals surface area contributed by atoms with Gasteiger partial charge in [-0.15, -0.1) is 10.2 Å². The number of nitrogens with zero attached hydrogens (tertiary/aromatic N) is 5. The van der Waals surface area contributed by atoms with Gasteiger partial charge >= 0.3 is 0 Å². The minimum absolute atomic E-state index is 0.0613. The largest absolute Gasteiger partial charge is 0.369 e. The second kappa shape index (κ2) is 6.70. The van der Waals surface area contributed by atoms with E-state index in [1.165, 1.54) is 6.07 Å². The predicted molar refractivity (Wildman–Crippen MR) is 94.3 cm³/mol. The quantitative estimate of drug-likeness (QED) is 0.912. The van der Waals surface area contributed by atoms with Gasteiger partial charge in [-0.3, -0.25) is 9.36 Å². The summed E-state index contributed by atoms with van der Waals surface area (Å²) in [6.45, 7) is 3.18. The second-order valence-electron chi connectivity index (χ2n) is 6.52. The average molecular weight is 346 g/mol. The minimum Gasteiger partial charge on any atom is -0.369 e. The van der Waals surface area contributed by atoms with Gasteiger partial charge < -0.3 is 15.5 Å². The molecule has 0 radical (unpaired) electrons. The van der Waals surface area contributed by atoms with Crippen LogP contribution in [0.2, 0.25) is 0 Å². The molecule has 1 fully saturated rings. The summed E-state index contributed by atoms with van der Waals surface area (Å²) in [5, 5.41) is 8.59. The third-order valence-corrected chi connectivity index (χ3v) is 4.84. The van der Waals surface area contributed by atoms with Gasteiger partial charge in [0.15, 0.2) is 0 Å². The lowest BCUT2D eigenvalue weighted by Gasteiger charge is -2.31. The number of halogens is 1. The van der Waals surface area contributed by atoms with Gasteiger partial charge in [-0.05, 0) is 43.5 Å². The molecule has 1 amide bonds. The van der Waals surface area contributed by atoms with Crippen molar-refractivity contribution in [1.82, 2.24) is 14.8 Å². The Balaban J connectivity index is 1.79. The van der Waals surface area contributed by atoms with Gasteiger partial charge in [0.05, 0.1) is 0 Å². The second-order valence-corrected chi connectivity index (χ2v) is 6.52. The molecule has 134 valence electrons. The maximum absolute atomic E-state index is 13.5. The number of amides is 1. The normalized spacial score (nSPS) is 15.4. The molecule has 8 heteroatoms. The third-order valence-electron chi connectivity index (χ3n) is 4.84. The number of benzene rings is 1. The molecule has 0 aliphatic carbocycles. The first-order valence-electron chi connectivity index (χ1n) is 8.32. The van der Waals surface area contributed by atoms with Crippen LogP contribution in [0.1, 0.15) is 18.4 Å². The van der Waals surface area contributed by atoms with Gasteiger partial charge in [0.1, 0.15) is 5.82 Å². The summed E-state index contributed by atoms with van der Waals surface area (Å²) >= 11 is 0. The number of aromatic nitrogens is 3. The van der Waals surface area contributed by atoms with Crippen LogP contribution in [0.4, 0.5) is 22.0 Å². The highest BCUT2D eigenvalue weighted by atomic mass is 19.1. The number of nitrogens with two attached hydrogens (primary N) is 1. The lowest BCUT2D eigenvalue weighted by atomic mass is 9.96. The van der Waals surface area contributed by atoms with Gasteiger partial charge in [-0.1, -0.05) is 0 Å². The Morgan fingerprint density at radius 3 is 2.60 bits per heavy atom. The Bertz CT molecular complexity index is 781. The summed E-state index contributed by atoms with van der Waals surface area (Å²) < 4.78 is 15.4. The number of carbonyl (C=O) groups is 1. The molecule has 1 aromatic heterocycles. The van der Waals surface area contributed by atoms with Crippen molar-refractivity contribution in [2.45, 2.75) is 19.8 Å². The number of aryl methyl sites for hydroxylation is 1. The molecule has 0 unspecified atom stereocenters. The predicted octanol–water partition coefficient (Wildman–Crippen LogP) is 1.73. The maximum atomic E-state index is 13.5. The number of anilines is 3. The van der Waals surface area contributed by atoms with Crippen molar-refractivity contribution in [3.63, 3.8) is 0 Å². The lowest BCUT2D eigenvalue weighted by Crippen LogP contribution is -2.39. The number of hydrogen-bond donors (Lipinski definition) is 1. The van der Waals surface area contributed by atoms with Crippen LogP contribution in [-0.2, 0) is 11.8 Å². The zero-order valence-corrected chi connectivity index (χ0v) is 14.7. The molecule has 1 aliphatic rings. The average Bonchev–Trinajstić information content (AvgIpc) is 2.98. The SMILES string of the molecule is Cc1cc(N(C)c2nnc(N3CCC(C(N)=O)CC3)n2C)ccc1F. The highest BCUT2D eigenvalue weighted by molar-refractivity contribution is 5.77. The molecule has 2 heterocycles. The van der Waals surface area contributed by atoms with Crippen LogP contribution in [0.3, 0.4) is 0 Å². The highest BCUT2D eigenvalue weighted by Gasteiger charge is 2.26. The molecule has 1 aliphatic heterocycles. The van der Waals surface area contributed by atoms with Crippen LogP contribution in [0.15, 0.2) is 18.2 Å². The van der Waals surface area contributed by atoms with E-state index >= 15 is 0 Å². The first-order valence-corrected chi connectivity index (χ1v) is 8.32. The van der Waals surface area contributed by atoms with Crippen molar-refractivity contribution in [2.75, 3.05) is 29.9 Å². The molecule has 1 saturated heterocycles. The molecular weight excluding hydrogens is 323 g/mol. The van der Waals surface area contributed by atoms with E-state index in [0.29, 0.717) is 11.5 Å². The summed E-state index contributed by atoms with van der Waals surface area (Å²) in [5.74, 6) is 0.897. The van der Waals surface area contributed by atoms with Crippen molar-refractivity contribution in [1.29, 1.82) is 0 Å². The molecule has 7 nitrogen and oxygen atoms in total. The van der Waals surface area contributed by atoms with E-state index in [9.17, 15) is 9.18 Å². The molecule has 0 bridgehead atoms. The first-order chi connectivity index (χ1) is 11.9. The van der Waals surface area contributed by atoms with Crippen molar-refractivity contribution in [2.24, 2.45) is 18.7 Å². The monoisotopic (exact) mass is 346 g/mol. The zero-order chi connectivity index (χ0) is 18.1. The van der Waals surface area contributed by atoms with Gasteiger partial charge in [-0.25, -0.2) is 4.39 Å². The lowest BCUT2D eigenvalue weighted by molar-refractivity contribution is -0.122. The van der Waals surface area contributed by atoms with Crippen molar-refractivity contribution in [3.8, 4) is 0 Å². The molecule has 3 rings (SSSR count). The van der Waals surface area contributed by atoms with Crippen molar-refractivity contribution in [3.05, 3.63) is 29.6 Å². The number of carbonyl (C=O) groups excluding carboxylic acids is 1. The van der Waals surface area contributed by atoms with Crippen molar-refractivity contribution < 1.29 is 9.18 Å². The molecule has 1 aromatic carbocycles. The van der Waals surface area contributed by atoms with E-state index in [2.05, 4.69) is 15.1 Å². The van der Waals surface area contributed by atoms with E-state index in [1.54, 1.807) is 19.1 Å². The van der Waals surface area contributed by atoms with Crippen LogP contribution in [-0.4, -0.2) is 40.8 Å². The molecule has 2 aromatic rings. The molecule has 0 atom stereocenters. The van der Waals surface area contributed by atoms with Gasteiger partial charge in [0.25, 0.3) is 0 Å². The fourth-order valence-corrected chi connectivity index (χ4v) is 3.20. The smallest absolute Gasteiger partial charge is 0.232 e. The Morgan fingerprint density at radius 1 is 1.32 bits per heavy atom. The summed E-state index contributed by atoms with van der Waals surface area (Å²) in [7, 11) is 3.78. The number of rotatable bonds is 4. The van der Waals surface area contributed by atoms with Gasteiger partial charge in [0, 0.05) is 38.8 Å². The van der Waals surface area contributed by atoms with Gasteiger partial charge in [0.2, 0.25) is 17.8 Å². The summed E-state index contributed by atoms with van der Waals surface area (Å²) in [6, 6.07) is 4.95. The number of primary amides is 1. The minimum atomic E-state index is -0.232. The van der Waals surface area contributed by atoms with E-state index < -0.39 is 0 Å². The number of piperidine rings is 1. The summed E-state index contributed by atoms with van der Waals surface area (Å²) in [5.41, 5.74) is 6.81. The van der Waals surface area contributed by atoms with Crippen LogP contribution in [0, 0.1) is 18.7 Å². The molecule has 25 heavy (non-hydrogen) atoms. The molecule has 0 saturated carbocycles. The molecule has 2 N–H and O–H groups in total.